The summed E-state index contributed by atoms with van der Waals surface area (Å²) in [6.07, 6.45) is 1.47. The van der Waals surface area contributed by atoms with Crippen molar-refractivity contribution in [1.82, 2.24) is 4.98 Å². The third-order valence-corrected chi connectivity index (χ3v) is 2.53. The topological polar surface area (TPSA) is 98.1 Å². The Balaban J connectivity index is 1.99. The average molecular weight is 271 g/mol. The number of hydrogen-bond acceptors (Lipinski definition) is 4. The maximum atomic E-state index is 11.9. The van der Waals surface area contributed by atoms with E-state index in [1.807, 2.05) is 6.07 Å². The Labute approximate surface area is 115 Å². The Bertz CT molecular complexity index is 626. The van der Waals surface area contributed by atoms with Gasteiger partial charge >= 0.3 is 0 Å². The molecule has 0 atom stereocenters. The van der Waals surface area contributed by atoms with E-state index in [2.05, 4.69) is 10.3 Å². The molecule has 0 aliphatic rings. The zero-order chi connectivity index (χ0) is 14.4. The van der Waals surface area contributed by atoms with Gasteiger partial charge in [0.1, 0.15) is 24.1 Å². The summed E-state index contributed by atoms with van der Waals surface area (Å²) < 4.78 is 5.21. The number of nitrogens with one attached hydrogen (secondary N) is 2. The van der Waals surface area contributed by atoms with E-state index < -0.39 is 0 Å². The number of aromatic nitrogens is 1. The highest BCUT2D eigenvalue weighted by Gasteiger charge is 2.08. The lowest BCUT2D eigenvalue weighted by atomic mass is 10.3. The molecule has 0 radical (unpaired) electrons. The van der Waals surface area contributed by atoms with Gasteiger partial charge in [-0.3, -0.25) is 4.79 Å². The van der Waals surface area contributed by atoms with Crippen LogP contribution < -0.4 is 10.1 Å². The molecule has 1 heterocycles. The molecule has 1 amide bonds. The van der Waals surface area contributed by atoms with Gasteiger partial charge in [-0.2, -0.15) is 5.26 Å². The summed E-state index contributed by atoms with van der Waals surface area (Å²) in [5.74, 6) is 0.291. The largest absolute Gasteiger partial charge is 0.491 e. The van der Waals surface area contributed by atoms with E-state index in [1.54, 1.807) is 24.3 Å². The molecule has 0 bridgehead atoms. The second-order valence-corrected chi connectivity index (χ2v) is 3.96. The van der Waals surface area contributed by atoms with E-state index in [-0.39, 0.29) is 19.1 Å². The summed E-state index contributed by atoms with van der Waals surface area (Å²) in [6.45, 7) is 0.178. The lowest BCUT2D eigenvalue weighted by molar-refractivity contribution is 0.102. The molecule has 1 aromatic heterocycles. The number of amides is 1. The molecule has 0 spiro atoms. The van der Waals surface area contributed by atoms with Crippen molar-refractivity contribution in [3.8, 4) is 11.8 Å². The molecule has 6 heteroatoms. The van der Waals surface area contributed by atoms with Crippen molar-refractivity contribution in [2.45, 2.75) is 0 Å². The van der Waals surface area contributed by atoms with E-state index in [9.17, 15) is 4.79 Å². The van der Waals surface area contributed by atoms with Crippen LogP contribution in [0.1, 0.15) is 16.1 Å². The summed E-state index contributed by atoms with van der Waals surface area (Å²) in [7, 11) is 0. The fourth-order valence-electron chi connectivity index (χ4n) is 1.59. The van der Waals surface area contributed by atoms with Crippen molar-refractivity contribution in [3.63, 3.8) is 0 Å². The second kappa shape index (κ2) is 6.41. The van der Waals surface area contributed by atoms with Crippen LogP contribution in [-0.4, -0.2) is 29.2 Å². The van der Waals surface area contributed by atoms with Crippen molar-refractivity contribution in [1.29, 1.82) is 5.26 Å². The van der Waals surface area contributed by atoms with Gasteiger partial charge in [-0.15, -0.1) is 0 Å². The summed E-state index contributed by atoms with van der Waals surface area (Å²) in [5.41, 5.74) is 1.34. The van der Waals surface area contributed by atoms with E-state index in [4.69, 9.17) is 15.1 Å². The van der Waals surface area contributed by atoms with E-state index in [1.165, 1.54) is 12.3 Å². The first-order chi connectivity index (χ1) is 9.72. The smallest absolute Gasteiger partial charge is 0.272 e. The van der Waals surface area contributed by atoms with E-state index >= 15 is 0 Å². The van der Waals surface area contributed by atoms with Gasteiger partial charge in [-0.1, -0.05) is 0 Å². The van der Waals surface area contributed by atoms with Crippen LogP contribution in [0.2, 0.25) is 0 Å². The minimum absolute atomic E-state index is 0.0491. The molecule has 3 N–H and O–H groups in total. The molecular formula is C14H13N3O3. The number of hydrogen-bond donors (Lipinski definition) is 3. The predicted molar refractivity (Wildman–Crippen MR) is 72.5 cm³/mol. The Morgan fingerprint density at radius 2 is 2.15 bits per heavy atom. The zero-order valence-corrected chi connectivity index (χ0v) is 10.6. The average Bonchev–Trinajstić information content (AvgIpc) is 2.95. The molecule has 2 aromatic rings. The van der Waals surface area contributed by atoms with Crippen molar-refractivity contribution in [3.05, 3.63) is 47.8 Å². The summed E-state index contributed by atoms with van der Waals surface area (Å²) in [5, 5.41) is 20.0. The lowest BCUT2D eigenvalue weighted by Crippen LogP contribution is -2.12. The van der Waals surface area contributed by atoms with Crippen LogP contribution in [0.25, 0.3) is 0 Å². The van der Waals surface area contributed by atoms with Gasteiger partial charge in [-0.05, 0) is 30.3 Å². The van der Waals surface area contributed by atoms with Gasteiger partial charge in [-0.25, -0.2) is 0 Å². The molecular weight excluding hydrogens is 258 g/mol. The molecule has 0 saturated heterocycles. The number of carbonyl (C=O) groups excluding carboxylic acids is 1. The minimum atomic E-state index is -0.324. The van der Waals surface area contributed by atoms with Gasteiger partial charge in [0.25, 0.3) is 5.91 Å². The van der Waals surface area contributed by atoms with Crippen LogP contribution in [0.3, 0.4) is 0 Å². The number of aromatic amines is 1. The van der Waals surface area contributed by atoms with E-state index in [0.717, 1.165) is 0 Å². The number of rotatable bonds is 5. The maximum Gasteiger partial charge on any atom is 0.272 e. The number of nitriles is 1. The standard InChI is InChI=1S/C14H13N3O3/c15-8-10-7-13(16-9-10)14(19)17-11-1-3-12(4-2-11)20-6-5-18/h1-4,7,9,16,18H,5-6H2,(H,17,19). The quantitative estimate of drug-likeness (QED) is 0.767. The first-order valence-electron chi connectivity index (χ1n) is 5.96. The minimum Gasteiger partial charge on any atom is -0.491 e. The zero-order valence-electron chi connectivity index (χ0n) is 10.6. The van der Waals surface area contributed by atoms with Crippen LogP contribution in [-0.2, 0) is 0 Å². The van der Waals surface area contributed by atoms with Gasteiger partial charge in [0.2, 0.25) is 0 Å². The monoisotopic (exact) mass is 271 g/mol. The van der Waals surface area contributed by atoms with Crippen LogP contribution in [0, 0.1) is 11.3 Å². The fraction of sp³-hybridized carbons (Fsp3) is 0.143. The molecule has 20 heavy (non-hydrogen) atoms. The first-order valence-corrected chi connectivity index (χ1v) is 5.96. The lowest BCUT2D eigenvalue weighted by Gasteiger charge is -2.06. The number of nitrogens with zero attached hydrogens (tertiary/aromatic N) is 1. The van der Waals surface area contributed by atoms with Gasteiger partial charge < -0.3 is 20.1 Å². The van der Waals surface area contributed by atoms with Crippen LogP contribution in [0.4, 0.5) is 5.69 Å². The van der Waals surface area contributed by atoms with Crippen molar-refractivity contribution in [2.24, 2.45) is 0 Å². The number of anilines is 1. The highest BCUT2D eigenvalue weighted by Crippen LogP contribution is 2.16. The highest BCUT2D eigenvalue weighted by molar-refractivity contribution is 6.03. The molecule has 6 nitrogen and oxygen atoms in total. The molecule has 0 aliphatic heterocycles. The Hall–Kier alpha value is -2.78. The third-order valence-electron chi connectivity index (χ3n) is 2.53. The Kier molecular flexibility index (Phi) is 4.37. The number of H-pyrrole nitrogens is 1. The summed E-state index contributed by atoms with van der Waals surface area (Å²) in [6, 6.07) is 10.2. The fourth-order valence-corrected chi connectivity index (χ4v) is 1.59. The number of benzene rings is 1. The second-order valence-electron chi connectivity index (χ2n) is 3.96. The molecule has 0 fully saturated rings. The molecule has 102 valence electrons. The molecule has 0 aliphatic carbocycles. The molecule has 1 aromatic carbocycles. The SMILES string of the molecule is N#Cc1c[nH]c(C(=O)Nc2ccc(OCCO)cc2)c1. The summed E-state index contributed by atoms with van der Waals surface area (Å²) >= 11 is 0. The maximum absolute atomic E-state index is 11.9. The van der Waals surface area contributed by atoms with Gasteiger partial charge in [0, 0.05) is 11.9 Å². The third kappa shape index (κ3) is 3.37. The molecule has 2 rings (SSSR count). The summed E-state index contributed by atoms with van der Waals surface area (Å²) in [4.78, 5) is 14.6. The van der Waals surface area contributed by atoms with Gasteiger partial charge in [0.15, 0.2) is 0 Å². The highest BCUT2D eigenvalue weighted by atomic mass is 16.5. The number of carbonyl (C=O) groups is 1. The Morgan fingerprint density at radius 3 is 2.75 bits per heavy atom. The molecule has 0 unspecified atom stereocenters. The number of ether oxygens (including phenoxy) is 1. The van der Waals surface area contributed by atoms with Crippen LogP contribution in [0.5, 0.6) is 5.75 Å². The normalized spacial score (nSPS) is 9.80. The van der Waals surface area contributed by atoms with E-state index in [0.29, 0.717) is 22.7 Å². The van der Waals surface area contributed by atoms with Crippen LogP contribution in [0.15, 0.2) is 36.5 Å². The van der Waals surface area contributed by atoms with Gasteiger partial charge in [0.05, 0.1) is 12.2 Å². The van der Waals surface area contributed by atoms with Crippen molar-refractivity contribution in [2.75, 3.05) is 18.5 Å². The van der Waals surface area contributed by atoms with Crippen molar-refractivity contribution < 1.29 is 14.6 Å². The first kappa shape index (κ1) is 13.6. The van der Waals surface area contributed by atoms with Crippen LogP contribution >= 0.6 is 0 Å². The van der Waals surface area contributed by atoms with Crippen molar-refractivity contribution >= 4 is 11.6 Å². The predicted octanol–water partition coefficient (Wildman–Crippen LogP) is 1.51. The number of aliphatic hydroxyl groups is 1. The molecule has 0 saturated carbocycles. The number of aliphatic hydroxyl groups excluding tert-OH is 1. The Morgan fingerprint density at radius 1 is 1.40 bits per heavy atom.